The number of nitrogens with two attached hydrogens (primary N) is 1. The van der Waals surface area contributed by atoms with Gasteiger partial charge < -0.3 is 15.0 Å². The summed E-state index contributed by atoms with van der Waals surface area (Å²) in [6.07, 6.45) is 0.440. The molecule has 0 spiro atoms. The van der Waals surface area contributed by atoms with Crippen LogP contribution in [0.3, 0.4) is 0 Å². The third-order valence-corrected chi connectivity index (χ3v) is 5.42. The average Bonchev–Trinajstić information content (AvgIpc) is 3.06. The van der Waals surface area contributed by atoms with Gasteiger partial charge in [-0.25, -0.2) is 9.37 Å². The molecular weight excluding hydrogens is 435 g/mol. The summed E-state index contributed by atoms with van der Waals surface area (Å²) in [7, 11) is 0. The Balaban J connectivity index is 1.94. The Morgan fingerprint density at radius 3 is 2.85 bits per heavy atom. The summed E-state index contributed by atoms with van der Waals surface area (Å²) in [6.45, 7) is -2.96. The van der Waals surface area contributed by atoms with E-state index >= 15 is 0 Å². The van der Waals surface area contributed by atoms with E-state index in [1.807, 2.05) is 4.57 Å². The van der Waals surface area contributed by atoms with Crippen molar-refractivity contribution in [2.24, 2.45) is 5.73 Å². The Morgan fingerprint density at radius 2 is 2.12 bits per heavy atom. The molecule has 2 heterocycles. The normalized spacial score (nSPS) is 19.3. The highest BCUT2D eigenvalue weighted by Gasteiger charge is 2.36. The molecule has 136 valence electrons. The molecule has 1 aromatic heterocycles. The van der Waals surface area contributed by atoms with Crippen molar-refractivity contribution in [1.82, 2.24) is 9.55 Å². The number of fused-ring (bicyclic) bond motifs is 3. The van der Waals surface area contributed by atoms with Gasteiger partial charge in [-0.15, -0.1) is 0 Å². The molecule has 3 aromatic rings. The molecule has 0 unspecified atom stereocenters. The highest BCUT2D eigenvalue weighted by atomic mass is 79.9. The molecule has 2 atom stereocenters. The van der Waals surface area contributed by atoms with E-state index in [0.717, 1.165) is 0 Å². The number of ether oxygens (including phenoxy) is 1. The molecule has 1 aliphatic heterocycles. The molecule has 26 heavy (non-hydrogen) atoms. The van der Waals surface area contributed by atoms with Gasteiger partial charge in [-0.2, -0.15) is 8.78 Å². The first-order valence-corrected chi connectivity index (χ1v) is 8.89. The van der Waals surface area contributed by atoms with E-state index in [0.29, 0.717) is 33.3 Å². The van der Waals surface area contributed by atoms with Crippen LogP contribution in [-0.2, 0) is 0 Å². The van der Waals surface area contributed by atoms with Crippen LogP contribution in [0, 0.1) is 5.82 Å². The predicted octanol–water partition coefficient (Wildman–Crippen LogP) is 5.19. The van der Waals surface area contributed by atoms with Crippen LogP contribution in [-0.4, -0.2) is 16.2 Å². The highest BCUT2D eigenvalue weighted by molar-refractivity contribution is 9.10. The van der Waals surface area contributed by atoms with Crippen LogP contribution in [0.2, 0.25) is 5.02 Å². The molecule has 0 aliphatic carbocycles. The van der Waals surface area contributed by atoms with E-state index in [4.69, 9.17) is 22.1 Å². The quantitative estimate of drug-likeness (QED) is 0.603. The van der Waals surface area contributed by atoms with Gasteiger partial charge in [-0.3, -0.25) is 0 Å². The molecule has 0 bridgehead atoms. The lowest BCUT2D eigenvalue weighted by Gasteiger charge is -2.20. The van der Waals surface area contributed by atoms with Crippen LogP contribution in [0.5, 0.6) is 5.75 Å². The Morgan fingerprint density at radius 1 is 1.35 bits per heavy atom. The highest BCUT2D eigenvalue weighted by Crippen LogP contribution is 2.46. The van der Waals surface area contributed by atoms with Gasteiger partial charge in [0.15, 0.2) is 0 Å². The fraction of sp³-hybridized carbons (Fsp3) is 0.235. The summed E-state index contributed by atoms with van der Waals surface area (Å²) >= 11 is 9.34. The first-order chi connectivity index (χ1) is 12.4. The summed E-state index contributed by atoms with van der Waals surface area (Å²) < 4.78 is 46.6. The first kappa shape index (κ1) is 17.6. The molecule has 0 saturated heterocycles. The lowest BCUT2D eigenvalue weighted by molar-refractivity contribution is -0.0507. The number of hydrogen-bond acceptors (Lipinski definition) is 3. The molecule has 0 radical (unpaired) electrons. The van der Waals surface area contributed by atoms with E-state index < -0.39 is 24.5 Å². The second kappa shape index (κ2) is 6.44. The number of halogens is 5. The van der Waals surface area contributed by atoms with Gasteiger partial charge in [0.1, 0.15) is 17.4 Å². The van der Waals surface area contributed by atoms with Crippen molar-refractivity contribution in [1.29, 1.82) is 0 Å². The Kier molecular flexibility index (Phi) is 4.37. The number of aromatic nitrogens is 2. The SMILES string of the molecule is N[C@@H]1C[C@H](c2c(Br)cccc2OC(F)F)n2c1nc1cc(F)c(Cl)cc12. The molecule has 2 N–H and O–H groups in total. The van der Waals surface area contributed by atoms with E-state index in [1.54, 1.807) is 12.1 Å². The standard InChI is InChI=1S/C17H12BrClF3N3O/c18-7-2-1-3-14(26-17(21)22)15(7)13-6-10(23)16-24-11-5-9(20)8(19)4-12(11)25(13)16/h1-5,10,13,17H,6,23H2/t10-,13-/m1/s1. The van der Waals surface area contributed by atoms with E-state index in [1.165, 1.54) is 18.2 Å². The number of benzene rings is 2. The molecule has 0 amide bonds. The molecule has 0 fully saturated rings. The topological polar surface area (TPSA) is 53.1 Å². The predicted molar refractivity (Wildman–Crippen MR) is 95.2 cm³/mol. The van der Waals surface area contributed by atoms with Gasteiger partial charge in [0, 0.05) is 16.1 Å². The number of rotatable bonds is 3. The third kappa shape index (κ3) is 2.76. The maximum Gasteiger partial charge on any atom is 0.387 e. The second-order valence-electron chi connectivity index (χ2n) is 5.98. The van der Waals surface area contributed by atoms with E-state index in [2.05, 4.69) is 20.9 Å². The summed E-state index contributed by atoms with van der Waals surface area (Å²) in [5.41, 5.74) is 7.72. The molecule has 2 aromatic carbocycles. The van der Waals surface area contributed by atoms with Crippen molar-refractivity contribution in [3.63, 3.8) is 0 Å². The summed E-state index contributed by atoms with van der Waals surface area (Å²) in [6, 6.07) is 6.70. The van der Waals surface area contributed by atoms with Crippen LogP contribution in [0.1, 0.15) is 29.9 Å². The van der Waals surface area contributed by atoms with E-state index in [-0.39, 0.29) is 10.8 Å². The first-order valence-electron chi connectivity index (χ1n) is 7.72. The Hall–Kier alpha value is -1.77. The largest absolute Gasteiger partial charge is 0.434 e. The lowest BCUT2D eigenvalue weighted by atomic mass is 10.0. The van der Waals surface area contributed by atoms with Crippen LogP contribution in [0.4, 0.5) is 13.2 Å². The minimum Gasteiger partial charge on any atom is -0.434 e. The zero-order valence-corrected chi connectivity index (χ0v) is 15.4. The van der Waals surface area contributed by atoms with E-state index in [9.17, 15) is 13.2 Å². The molecule has 4 rings (SSSR count). The minimum absolute atomic E-state index is 0.0457. The van der Waals surface area contributed by atoms with Crippen molar-refractivity contribution in [2.45, 2.75) is 25.1 Å². The van der Waals surface area contributed by atoms with Gasteiger partial charge in [0.05, 0.1) is 28.1 Å². The van der Waals surface area contributed by atoms with Crippen LogP contribution in [0.15, 0.2) is 34.8 Å². The van der Waals surface area contributed by atoms with Crippen molar-refractivity contribution >= 4 is 38.6 Å². The molecule has 1 aliphatic rings. The van der Waals surface area contributed by atoms with Crippen molar-refractivity contribution < 1.29 is 17.9 Å². The number of imidazole rings is 1. The van der Waals surface area contributed by atoms with Crippen molar-refractivity contribution in [3.8, 4) is 5.75 Å². The van der Waals surface area contributed by atoms with Gasteiger partial charge in [-0.05, 0) is 24.6 Å². The summed E-state index contributed by atoms with van der Waals surface area (Å²) in [4.78, 5) is 4.41. The molecule has 4 nitrogen and oxygen atoms in total. The number of hydrogen-bond donors (Lipinski definition) is 1. The Bertz CT molecular complexity index is 1010. The number of nitrogens with zero attached hydrogens (tertiary/aromatic N) is 2. The van der Waals surface area contributed by atoms with Gasteiger partial charge in [0.25, 0.3) is 0 Å². The number of alkyl halides is 2. The molecular formula is C17H12BrClF3N3O. The Labute approximate surface area is 159 Å². The summed E-state index contributed by atoms with van der Waals surface area (Å²) in [5, 5.41) is -0.0457. The molecule has 9 heteroatoms. The maximum atomic E-state index is 13.8. The van der Waals surface area contributed by atoms with Crippen molar-refractivity contribution in [3.05, 3.63) is 57.0 Å². The lowest BCUT2D eigenvalue weighted by Crippen LogP contribution is -2.11. The fourth-order valence-corrected chi connectivity index (χ4v) is 4.21. The monoisotopic (exact) mass is 445 g/mol. The summed E-state index contributed by atoms with van der Waals surface area (Å²) in [5.74, 6) is 0.0172. The smallest absolute Gasteiger partial charge is 0.387 e. The van der Waals surface area contributed by atoms with Crippen molar-refractivity contribution in [2.75, 3.05) is 0 Å². The van der Waals surface area contributed by atoms with Crippen LogP contribution < -0.4 is 10.5 Å². The van der Waals surface area contributed by atoms with Gasteiger partial charge >= 0.3 is 6.61 Å². The zero-order valence-electron chi connectivity index (χ0n) is 13.1. The van der Waals surface area contributed by atoms with Gasteiger partial charge in [0.2, 0.25) is 0 Å². The zero-order chi connectivity index (χ0) is 18.6. The fourth-order valence-electron chi connectivity index (χ4n) is 3.44. The van der Waals surface area contributed by atoms with Crippen LogP contribution in [0.25, 0.3) is 11.0 Å². The maximum absolute atomic E-state index is 13.8. The molecule has 0 saturated carbocycles. The average molecular weight is 447 g/mol. The van der Waals surface area contributed by atoms with Gasteiger partial charge in [-0.1, -0.05) is 33.6 Å². The third-order valence-electron chi connectivity index (χ3n) is 4.44. The van der Waals surface area contributed by atoms with Crippen LogP contribution >= 0.6 is 27.5 Å². The second-order valence-corrected chi connectivity index (χ2v) is 7.24. The minimum atomic E-state index is -2.96.